The molecule has 0 fully saturated rings. The van der Waals surface area contributed by atoms with Gasteiger partial charge in [0.05, 0.1) is 17.9 Å². The van der Waals surface area contributed by atoms with Crippen molar-refractivity contribution in [3.63, 3.8) is 0 Å². The number of nitrogens with zero attached hydrogens (tertiary/aromatic N) is 4. The minimum absolute atomic E-state index is 0.0619. The van der Waals surface area contributed by atoms with E-state index in [-0.39, 0.29) is 12.5 Å². The van der Waals surface area contributed by atoms with Gasteiger partial charge in [-0.15, -0.1) is 0 Å². The maximum absolute atomic E-state index is 12.6. The number of hydrogen-bond donors (Lipinski definition) is 3. The molecule has 0 spiro atoms. The molecule has 31 heavy (non-hydrogen) atoms. The van der Waals surface area contributed by atoms with Crippen LogP contribution in [0.5, 0.6) is 0 Å². The van der Waals surface area contributed by atoms with Gasteiger partial charge in [-0.1, -0.05) is 23.7 Å². The number of hydrogen-bond acceptors (Lipinski definition) is 5. The van der Waals surface area contributed by atoms with Crippen LogP contribution >= 0.6 is 11.6 Å². The van der Waals surface area contributed by atoms with Crippen LogP contribution in [0.3, 0.4) is 0 Å². The summed E-state index contributed by atoms with van der Waals surface area (Å²) in [5.74, 6) is 1.65. The number of benzene rings is 2. The monoisotopic (exact) mass is 435 g/mol. The van der Waals surface area contributed by atoms with E-state index in [1.807, 2.05) is 69.3 Å². The molecule has 0 aliphatic carbocycles. The molecular formula is C22H22ClN7O. The fourth-order valence-corrected chi connectivity index (χ4v) is 3.40. The summed E-state index contributed by atoms with van der Waals surface area (Å²) in [6.07, 6.45) is 0. The number of carbonyl (C=O) groups excluding carboxylic acids is 1. The minimum Gasteiger partial charge on any atom is -0.360 e. The first-order chi connectivity index (χ1) is 14.9. The molecule has 4 aromatic rings. The molecule has 0 saturated heterocycles. The largest absolute Gasteiger partial charge is 0.360 e. The van der Waals surface area contributed by atoms with Crippen molar-refractivity contribution in [3.05, 3.63) is 70.6 Å². The summed E-state index contributed by atoms with van der Waals surface area (Å²) >= 11 is 6.08. The van der Waals surface area contributed by atoms with E-state index in [1.165, 1.54) is 0 Å². The highest BCUT2D eigenvalue weighted by molar-refractivity contribution is 6.30. The van der Waals surface area contributed by atoms with Gasteiger partial charge < -0.3 is 10.6 Å². The van der Waals surface area contributed by atoms with E-state index in [1.54, 1.807) is 4.68 Å². The lowest BCUT2D eigenvalue weighted by Crippen LogP contribution is -2.22. The van der Waals surface area contributed by atoms with E-state index in [4.69, 9.17) is 11.6 Å². The number of nitrogens with one attached hydrogen (secondary N) is 3. The third kappa shape index (κ3) is 4.75. The Hall–Kier alpha value is -3.65. The van der Waals surface area contributed by atoms with Crippen molar-refractivity contribution in [1.29, 1.82) is 0 Å². The molecule has 0 radical (unpaired) electrons. The van der Waals surface area contributed by atoms with Crippen LogP contribution in [0, 0.1) is 20.8 Å². The Morgan fingerprint density at radius 3 is 2.71 bits per heavy atom. The maximum Gasteiger partial charge on any atom is 0.243 e. The van der Waals surface area contributed by atoms with Crippen molar-refractivity contribution >= 4 is 29.0 Å². The van der Waals surface area contributed by atoms with E-state index in [0.29, 0.717) is 28.2 Å². The summed E-state index contributed by atoms with van der Waals surface area (Å²) in [6, 6.07) is 15.1. The van der Waals surface area contributed by atoms with E-state index in [9.17, 15) is 4.79 Å². The van der Waals surface area contributed by atoms with Crippen LogP contribution in [0.4, 0.5) is 11.5 Å². The van der Waals surface area contributed by atoms with Crippen LogP contribution < -0.4 is 10.6 Å². The number of aromatic amines is 1. The molecule has 0 saturated carbocycles. The molecule has 8 nitrogen and oxygen atoms in total. The summed E-state index contributed by atoms with van der Waals surface area (Å²) < 4.78 is 1.77. The normalized spacial score (nSPS) is 10.8. The molecule has 0 atom stereocenters. The SMILES string of the molecule is Cc1ccc(-c2n[nH]c(C)n2)c(NC(=O)CNc2cc(C)n(-c3cccc(Cl)c3)n2)c1. The topological polar surface area (TPSA) is 101 Å². The van der Waals surface area contributed by atoms with Crippen molar-refractivity contribution in [2.24, 2.45) is 0 Å². The summed E-state index contributed by atoms with van der Waals surface area (Å²) in [7, 11) is 0. The van der Waals surface area contributed by atoms with Crippen molar-refractivity contribution in [1.82, 2.24) is 25.0 Å². The summed E-state index contributed by atoms with van der Waals surface area (Å²) in [4.78, 5) is 17.0. The first-order valence-electron chi connectivity index (χ1n) is 9.75. The highest BCUT2D eigenvalue weighted by atomic mass is 35.5. The maximum atomic E-state index is 12.6. The first-order valence-corrected chi connectivity index (χ1v) is 10.1. The fraction of sp³-hybridized carbons (Fsp3) is 0.182. The Morgan fingerprint density at radius 1 is 1.13 bits per heavy atom. The van der Waals surface area contributed by atoms with Crippen LogP contribution in [0.25, 0.3) is 17.1 Å². The van der Waals surface area contributed by atoms with Crippen LogP contribution in [0.2, 0.25) is 5.02 Å². The number of carbonyl (C=O) groups is 1. The van der Waals surface area contributed by atoms with Gasteiger partial charge in [0.15, 0.2) is 5.82 Å². The van der Waals surface area contributed by atoms with Crippen LogP contribution in [-0.4, -0.2) is 37.4 Å². The molecule has 0 bridgehead atoms. The van der Waals surface area contributed by atoms with Gasteiger partial charge in [-0.2, -0.15) is 10.2 Å². The number of anilines is 2. The van der Waals surface area contributed by atoms with Gasteiger partial charge in [-0.3, -0.25) is 9.89 Å². The molecule has 0 aliphatic rings. The Kier molecular flexibility index (Phi) is 5.73. The van der Waals surface area contributed by atoms with E-state index >= 15 is 0 Å². The van der Waals surface area contributed by atoms with Gasteiger partial charge in [0, 0.05) is 22.3 Å². The van der Waals surface area contributed by atoms with Crippen LogP contribution in [0.1, 0.15) is 17.1 Å². The smallest absolute Gasteiger partial charge is 0.243 e. The highest BCUT2D eigenvalue weighted by Crippen LogP contribution is 2.26. The molecular weight excluding hydrogens is 414 g/mol. The fourth-order valence-electron chi connectivity index (χ4n) is 3.21. The van der Waals surface area contributed by atoms with Crippen molar-refractivity contribution in [3.8, 4) is 17.1 Å². The predicted octanol–water partition coefficient (Wildman–Crippen LogP) is 4.29. The second kappa shape index (κ2) is 8.61. The lowest BCUT2D eigenvalue weighted by atomic mass is 10.1. The molecule has 0 aliphatic heterocycles. The molecule has 0 unspecified atom stereocenters. The molecule has 2 aromatic carbocycles. The Bertz CT molecular complexity index is 1240. The summed E-state index contributed by atoms with van der Waals surface area (Å²) in [5, 5.41) is 18.2. The highest BCUT2D eigenvalue weighted by Gasteiger charge is 2.13. The first kappa shape index (κ1) is 20.6. The minimum atomic E-state index is -0.200. The summed E-state index contributed by atoms with van der Waals surface area (Å²) in [6.45, 7) is 5.80. The molecule has 2 heterocycles. The number of H-pyrrole nitrogens is 1. The van der Waals surface area contributed by atoms with Crippen LogP contribution in [0.15, 0.2) is 48.5 Å². The van der Waals surface area contributed by atoms with Crippen molar-refractivity contribution < 1.29 is 4.79 Å². The Balaban J connectivity index is 1.46. The molecule has 4 rings (SSSR count). The summed E-state index contributed by atoms with van der Waals surface area (Å²) in [5.41, 5.74) is 4.21. The number of aromatic nitrogens is 5. The quantitative estimate of drug-likeness (QED) is 0.419. The Labute approximate surface area is 184 Å². The number of aryl methyl sites for hydroxylation is 3. The predicted molar refractivity (Wildman–Crippen MR) is 122 cm³/mol. The molecule has 2 aromatic heterocycles. The second-order valence-corrected chi connectivity index (χ2v) is 7.69. The third-order valence-electron chi connectivity index (χ3n) is 4.66. The van der Waals surface area contributed by atoms with Gasteiger partial charge >= 0.3 is 0 Å². The average Bonchev–Trinajstić information content (AvgIpc) is 3.32. The lowest BCUT2D eigenvalue weighted by Gasteiger charge is -2.10. The number of halogens is 1. The molecule has 158 valence electrons. The van der Waals surface area contributed by atoms with Gasteiger partial charge in [-0.05, 0) is 56.7 Å². The van der Waals surface area contributed by atoms with Gasteiger partial charge in [0.25, 0.3) is 0 Å². The molecule has 1 amide bonds. The Morgan fingerprint density at radius 2 is 1.97 bits per heavy atom. The molecule has 9 heteroatoms. The lowest BCUT2D eigenvalue weighted by molar-refractivity contribution is -0.114. The van der Waals surface area contributed by atoms with Crippen molar-refractivity contribution in [2.45, 2.75) is 20.8 Å². The van der Waals surface area contributed by atoms with Crippen LogP contribution in [-0.2, 0) is 4.79 Å². The third-order valence-corrected chi connectivity index (χ3v) is 4.89. The van der Waals surface area contributed by atoms with Crippen molar-refractivity contribution in [2.75, 3.05) is 17.2 Å². The zero-order valence-corrected chi connectivity index (χ0v) is 18.2. The second-order valence-electron chi connectivity index (χ2n) is 7.26. The van der Waals surface area contributed by atoms with Gasteiger partial charge in [0.2, 0.25) is 5.91 Å². The number of amides is 1. The van der Waals surface area contributed by atoms with E-state index in [0.717, 1.165) is 22.5 Å². The van der Waals surface area contributed by atoms with Gasteiger partial charge in [-0.25, -0.2) is 9.67 Å². The zero-order chi connectivity index (χ0) is 22.0. The van der Waals surface area contributed by atoms with E-state index < -0.39 is 0 Å². The number of rotatable bonds is 6. The standard InChI is InChI=1S/C22H22ClN7O/c1-13-7-8-18(22-25-15(3)27-28-22)19(9-13)26-21(31)12-24-20-10-14(2)30(29-20)17-6-4-5-16(23)11-17/h4-11H,12H2,1-3H3,(H,24,29)(H,26,31)(H,25,27,28). The van der Waals surface area contributed by atoms with E-state index in [2.05, 4.69) is 30.9 Å². The molecule has 3 N–H and O–H groups in total. The average molecular weight is 436 g/mol. The zero-order valence-electron chi connectivity index (χ0n) is 17.4. The van der Waals surface area contributed by atoms with Gasteiger partial charge in [0.1, 0.15) is 11.6 Å².